The van der Waals surface area contributed by atoms with Crippen LogP contribution in [0.2, 0.25) is 0 Å². The Labute approximate surface area is 115 Å². The lowest BCUT2D eigenvalue weighted by atomic mass is 9.83. The van der Waals surface area contributed by atoms with Crippen molar-refractivity contribution in [3.05, 3.63) is 11.9 Å². The first kappa shape index (κ1) is 14.1. The van der Waals surface area contributed by atoms with Crippen molar-refractivity contribution in [1.29, 1.82) is 0 Å². The molecule has 4 N–H and O–H groups in total. The van der Waals surface area contributed by atoms with Gasteiger partial charge in [0, 0.05) is 12.1 Å². The molecule has 1 aliphatic carbocycles. The van der Waals surface area contributed by atoms with Crippen molar-refractivity contribution in [3.8, 4) is 0 Å². The second kappa shape index (κ2) is 6.70. The van der Waals surface area contributed by atoms with Gasteiger partial charge in [-0.2, -0.15) is 0 Å². The van der Waals surface area contributed by atoms with E-state index in [0.29, 0.717) is 11.9 Å². The Morgan fingerprint density at radius 1 is 1.26 bits per heavy atom. The molecule has 1 aromatic heterocycles. The maximum absolute atomic E-state index is 5.43. The lowest BCUT2D eigenvalue weighted by Crippen LogP contribution is -2.30. The lowest BCUT2D eigenvalue weighted by molar-refractivity contribution is 0.312. The quantitative estimate of drug-likeness (QED) is 0.562. The largest absolute Gasteiger partial charge is 0.367 e. The Balaban J connectivity index is 2.06. The summed E-state index contributed by atoms with van der Waals surface area (Å²) < 4.78 is 0. The van der Waals surface area contributed by atoms with Crippen LogP contribution in [0.4, 0.5) is 11.6 Å². The van der Waals surface area contributed by atoms with Crippen molar-refractivity contribution in [3.63, 3.8) is 0 Å². The number of hydrogen-bond acceptors (Lipinski definition) is 5. The van der Waals surface area contributed by atoms with Crippen LogP contribution < -0.4 is 16.6 Å². The fourth-order valence-corrected chi connectivity index (χ4v) is 3.00. The number of aromatic nitrogens is 2. The number of anilines is 2. The molecule has 0 spiro atoms. The summed E-state index contributed by atoms with van der Waals surface area (Å²) in [6.45, 7) is 4.12. The van der Waals surface area contributed by atoms with Gasteiger partial charge in [0.05, 0.1) is 0 Å². The van der Waals surface area contributed by atoms with E-state index in [-0.39, 0.29) is 0 Å². The van der Waals surface area contributed by atoms with Crippen LogP contribution >= 0.6 is 0 Å². The van der Waals surface area contributed by atoms with Crippen LogP contribution in [0.3, 0.4) is 0 Å². The van der Waals surface area contributed by atoms with Crippen LogP contribution in [0.25, 0.3) is 0 Å². The molecule has 1 unspecified atom stereocenters. The van der Waals surface area contributed by atoms with Crippen molar-refractivity contribution >= 4 is 11.6 Å². The summed E-state index contributed by atoms with van der Waals surface area (Å²) >= 11 is 0. The van der Waals surface area contributed by atoms with Gasteiger partial charge in [0.25, 0.3) is 0 Å². The van der Waals surface area contributed by atoms with Gasteiger partial charge in [0.15, 0.2) is 0 Å². The standard InChI is InChI=1S/C14H25N5/c1-3-12(11-7-5-4-6-8-11)18-13-9-14(19-15)17-10(2)16-13/h9,11-12H,3-8,15H2,1-2H3,(H2,16,17,18,19). The first-order valence-electron chi connectivity index (χ1n) is 7.31. The van der Waals surface area contributed by atoms with E-state index >= 15 is 0 Å². The molecule has 0 aromatic carbocycles. The van der Waals surface area contributed by atoms with E-state index in [4.69, 9.17) is 5.84 Å². The minimum Gasteiger partial charge on any atom is -0.367 e. The molecule has 1 atom stereocenters. The van der Waals surface area contributed by atoms with Gasteiger partial charge in [-0.1, -0.05) is 26.2 Å². The monoisotopic (exact) mass is 263 g/mol. The van der Waals surface area contributed by atoms with E-state index in [2.05, 4.69) is 27.6 Å². The smallest absolute Gasteiger partial charge is 0.145 e. The highest BCUT2D eigenvalue weighted by atomic mass is 15.3. The Hall–Kier alpha value is -1.36. The van der Waals surface area contributed by atoms with Gasteiger partial charge in [-0.05, 0) is 32.1 Å². The summed E-state index contributed by atoms with van der Waals surface area (Å²) in [5.41, 5.74) is 2.59. The highest BCUT2D eigenvalue weighted by Gasteiger charge is 2.22. The number of hydrogen-bond donors (Lipinski definition) is 3. The molecule has 0 aliphatic heterocycles. The lowest BCUT2D eigenvalue weighted by Gasteiger charge is -2.30. The fraction of sp³-hybridized carbons (Fsp3) is 0.714. The molecule has 0 amide bonds. The van der Waals surface area contributed by atoms with Gasteiger partial charge in [-0.25, -0.2) is 15.8 Å². The molecule has 1 heterocycles. The van der Waals surface area contributed by atoms with E-state index in [1.54, 1.807) is 0 Å². The van der Waals surface area contributed by atoms with Gasteiger partial charge in [-0.15, -0.1) is 0 Å². The molecule has 1 aliphatic rings. The van der Waals surface area contributed by atoms with Crippen LogP contribution in [0.5, 0.6) is 0 Å². The normalized spacial score (nSPS) is 18.1. The first-order valence-corrected chi connectivity index (χ1v) is 7.31. The molecule has 0 radical (unpaired) electrons. The number of nitrogens with two attached hydrogens (primary N) is 1. The highest BCUT2D eigenvalue weighted by Crippen LogP contribution is 2.29. The number of nitrogens with zero attached hydrogens (tertiary/aromatic N) is 2. The Morgan fingerprint density at radius 2 is 1.95 bits per heavy atom. The van der Waals surface area contributed by atoms with Crippen molar-refractivity contribution in [1.82, 2.24) is 9.97 Å². The molecular weight excluding hydrogens is 238 g/mol. The molecule has 1 fully saturated rings. The number of nitrogen functional groups attached to an aromatic ring is 1. The third-order valence-corrected chi connectivity index (χ3v) is 3.98. The summed E-state index contributed by atoms with van der Waals surface area (Å²) in [5.74, 6) is 8.46. The number of rotatable bonds is 5. The van der Waals surface area contributed by atoms with E-state index in [0.717, 1.165) is 24.0 Å². The fourth-order valence-electron chi connectivity index (χ4n) is 3.00. The predicted octanol–water partition coefficient (Wildman–Crippen LogP) is 2.84. The second-order valence-corrected chi connectivity index (χ2v) is 5.39. The van der Waals surface area contributed by atoms with Gasteiger partial charge in [0.1, 0.15) is 17.5 Å². The summed E-state index contributed by atoms with van der Waals surface area (Å²) in [4.78, 5) is 8.66. The highest BCUT2D eigenvalue weighted by molar-refractivity contribution is 5.47. The van der Waals surface area contributed by atoms with Crippen LogP contribution in [0.1, 0.15) is 51.3 Å². The molecule has 1 saturated carbocycles. The molecule has 106 valence electrons. The third-order valence-electron chi connectivity index (χ3n) is 3.98. The summed E-state index contributed by atoms with van der Waals surface area (Å²) in [6, 6.07) is 2.37. The zero-order valence-corrected chi connectivity index (χ0v) is 11.9. The molecule has 2 rings (SSSR count). The van der Waals surface area contributed by atoms with Crippen molar-refractivity contribution in [2.75, 3.05) is 10.7 Å². The van der Waals surface area contributed by atoms with Crippen molar-refractivity contribution in [2.45, 2.75) is 58.4 Å². The molecule has 19 heavy (non-hydrogen) atoms. The van der Waals surface area contributed by atoms with Gasteiger partial charge in [0.2, 0.25) is 0 Å². The topological polar surface area (TPSA) is 75.9 Å². The minimum absolute atomic E-state index is 0.500. The Kier molecular flexibility index (Phi) is 4.96. The van der Waals surface area contributed by atoms with Crippen molar-refractivity contribution < 1.29 is 0 Å². The summed E-state index contributed by atoms with van der Waals surface area (Å²) in [7, 11) is 0. The molecule has 1 aromatic rings. The molecule has 5 nitrogen and oxygen atoms in total. The Morgan fingerprint density at radius 3 is 2.58 bits per heavy atom. The average molecular weight is 263 g/mol. The van der Waals surface area contributed by atoms with Crippen LogP contribution in [0, 0.1) is 12.8 Å². The number of hydrazine groups is 1. The SMILES string of the molecule is CCC(Nc1cc(NN)nc(C)n1)C1CCCCC1. The minimum atomic E-state index is 0.500. The van der Waals surface area contributed by atoms with E-state index in [1.807, 2.05) is 13.0 Å². The summed E-state index contributed by atoms with van der Waals surface area (Å²) in [6.07, 6.45) is 7.90. The molecular formula is C14H25N5. The maximum atomic E-state index is 5.43. The summed E-state index contributed by atoms with van der Waals surface area (Å²) in [5, 5.41) is 3.57. The zero-order chi connectivity index (χ0) is 13.7. The predicted molar refractivity (Wildman–Crippen MR) is 78.9 cm³/mol. The number of nitrogens with one attached hydrogen (secondary N) is 2. The molecule has 0 bridgehead atoms. The Bertz CT molecular complexity index is 401. The first-order chi connectivity index (χ1) is 9.22. The van der Waals surface area contributed by atoms with Crippen LogP contribution in [-0.4, -0.2) is 16.0 Å². The molecule has 5 heteroatoms. The van der Waals surface area contributed by atoms with E-state index in [1.165, 1.54) is 32.1 Å². The molecule has 0 saturated heterocycles. The van der Waals surface area contributed by atoms with E-state index in [9.17, 15) is 0 Å². The average Bonchev–Trinajstić information content (AvgIpc) is 2.45. The maximum Gasteiger partial charge on any atom is 0.145 e. The van der Waals surface area contributed by atoms with Gasteiger partial charge < -0.3 is 10.7 Å². The third kappa shape index (κ3) is 3.80. The van der Waals surface area contributed by atoms with Gasteiger partial charge >= 0.3 is 0 Å². The second-order valence-electron chi connectivity index (χ2n) is 5.39. The van der Waals surface area contributed by atoms with Crippen molar-refractivity contribution in [2.24, 2.45) is 11.8 Å². The van der Waals surface area contributed by atoms with E-state index < -0.39 is 0 Å². The van der Waals surface area contributed by atoms with Crippen LogP contribution in [0.15, 0.2) is 6.07 Å². The van der Waals surface area contributed by atoms with Crippen LogP contribution in [-0.2, 0) is 0 Å². The number of aryl methyl sites for hydroxylation is 1. The van der Waals surface area contributed by atoms with Gasteiger partial charge in [-0.3, -0.25) is 0 Å². The zero-order valence-electron chi connectivity index (χ0n) is 11.9.